The van der Waals surface area contributed by atoms with Crippen molar-refractivity contribution in [1.29, 1.82) is 0 Å². The van der Waals surface area contributed by atoms with Crippen molar-refractivity contribution >= 4 is 5.91 Å². The van der Waals surface area contributed by atoms with Crippen molar-refractivity contribution in [3.63, 3.8) is 0 Å². The van der Waals surface area contributed by atoms with E-state index in [1.165, 1.54) is 5.56 Å². The first kappa shape index (κ1) is 15.5. The SMILES string of the molecule is CCN(C)C(=O)COc1ccc(CNC(C)C)cc1. The van der Waals surface area contributed by atoms with Gasteiger partial charge in [-0.15, -0.1) is 0 Å². The lowest BCUT2D eigenvalue weighted by molar-refractivity contribution is -0.131. The van der Waals surface area contributed by atoms with E-state index >= 15 is 0 Å². The summed E-state index contributed by atoms with van der Waals surface area (Å²) in [5, 5.41) is 3.35. The van der Waals surface area contributed by atoms with Crippen LogP contribution in [0.25, 0.3) is 0 Å². The molecule has 4 nitrogen and oxygen atoms in total. The van der Waals surface area contributed by atoms with Crippen LogP contribution in [0.15, 0.2) is 24.3 Å². The lowest BCUT2D eigenvalue weighted by Gasteiger charge is -2.15. The van der Waals surface area contributed by atoms with Crippen LogP contribution < -0.4 is 10.1 Å². The Hall–Kier alpha value is -1.55. The van der Waals surface area contributed by atoms with Gasteiger partial charge in [0.1, 0.15) is 5.75 Å². The molecule has 1 amide bonds. The maximum absolute atomic E-state index is 11.6. The minimum atomic E-state index is -0.00643. The minimum absolute atomic E-state index is 0.00643. The van der Waals surface area contributed by atoms with Crippen molar-refractivity contribution in [2.75, 3.05) is 20.2 Å². The summed E-state index contributed by atoms with van der Waals surface area (Å²) in [6, 6.07) is 8.29. The molecule has 0 spiro atoms. The maximum atomic E-state index is 11.6. The first-order valence-electron chi connectivity index (χ1n) is 6.72. The Morgan fingerprint density at radius 3 is 2.47 bits per heavy atom. The number of hydrogen-bond acceptors (Lipinski definition) is 3. The molecule has 0 aliphatic rings. The number of nitrogens with zero attached hydrogens (tertiary/aromatic N) is 1. The third kappa shape index (κ3) is 5.75. The van der Waals surface area contributed by atoms with Crippen molar-refractivity contribution in [2.45, 2.75) is 33.4 Å². The first-order chi connectivity index (χ1) is 9.02. The van der Waals surface area contributed by atoms with Crippen molar-refractivity contribution in [3.05, 3.63) is 29.8 Å². The van der Waals surface area contributed by atoms with E-state index in [9.17, 15) is 4.79 Å². The summed E-state index contributed by atoms with van der Waals surface area (Å²) in [6.07, 6.45) is 0. The van der Waals surface area contributed by atoms with E-state index in [2.05, 4.69) is 19.2 Å². The van der Waals surface area contributed by atoms with Crippen LogP contribution in [0.4, 0.5) is 0 Å². The molecule has 0 bridgehead atoms. The van der Waals surface area contributed by atoms with Crippen LogP contribution in [0, 0.1) is 0 Å². The average molecular weight is 264 g/mol. The number of hydrogen-bond donors (Lipinski definition) is 1. The summed E-state index contributed by atoms with van der Waals surface area (Å²) < 4.78 is 5.46. The predicted octanol–water partition coefficient (Wildman–Crippen LogP) is 2.04. The molecule has 0 aliphatic heterocycles. The van der Waals surface area contributed by atoms with E-state index in [4.69, 9.17) is 4.74 Å². The van der Waals surface area contributed by atoms with Crippen molar-refractivity contribution in [1.82, 2.24) is 10.2 Å². The fourth-order valence-corrected chi connectivity index (χ4v) is 1.46. The smallest absolute Gasteiger partial charge is 0.260 e. The zero-order valence-corrected chi connectivity index (χ0v) is 12.3. The highest BCUT2D eigenvalue weighted by molar-refractivity contribution is 5.77. The number of carbonyl (C=O) groups is 1. The highest BCUT2D eigenvalue weighted by atomic mass is 16.5. The van der Waals surface area contributed by atoms with E-state index in [1.54, 1.807) is 11.9 Å². The number of rotatable bonds is 7. The molecule has 0 fully saturated rings. The first-order valence-corrected chi connectivity index (χ1v) is 6.72. The van der Waals surface area contributed by atoms with Crippen molar-refractivity contribution < 1.29 is 9.53 Å². The molecule has 1 aromatic rings. The highest BCUT2D eigenvalue weighted by Crippen LogP contribution is 2.12. The van der Waals surface area contributed by atoms with Gasteiger partial charge in [-0.05, 0) is 24.6 Å². The number of benzene rings is 1. The van der Waals surface area contributed by atoms with E-state index in [-0.39, 0.29) is 12.5 Å². The normalized spacial score (nSPS) is 10.6. The Labute approximate surface area is 115 Å². The van der Waals surface area contributed by atoms with E-state index in [0.717, 1.165) is 12.3 Å². The van der Waals surface area contributed by atoms with Gasteiger partial charge in [0, 0.05) is 26.2 Å². The third-order valence-electron chi connectivity index (χ3n) is 2.90. The fraction of sp³-hybridized carbons (Fsp3) is 0.533. The van der Waals surface area contributed by atoms with Gasteiger partial charge < -0.3 is 15.0 Å². The van der Waals surface area contributed by atoms with Crippen molar-refractivity contribution in [3.8, 4) is 5.75 Å². The summed E-state index contributed by atoms with van der Waals surface area (Å²) in [7, 11) is 1.77. The average Bonchev–Trinajstić information content (AvgIpc) is 2.42. The maximum Gasteiger partial charge on any atom is 0.260 e. The molecule has 1 N–H and O–H groups in total. The highest BCUT2D eigenvalue weighted by Gasteiger charge is 2.07. The second-order valence-corrected chi connectivity index (χ2v) is 4.88. The summed E-state index contributed by atoms with van der Waals surface area (Å²) in [5.74, 6) is 0.721. The van der Waals surface area contributed by atoms with E-state index in [1.807, 2.05) is 31.2 Å². The van der Waals surface area contributed by atoms with Crippen LogP contribution in [-0.4, -0.2) is 37.0 Å². The number of likely N-dealkylation sites (N-methyl/N-ethyl adjacent to an activating group) is 1. The van der Waals surface area contributed by atoms with Crippen molar-refractivity contribution in [2.24, 2.45) is 0 Å². The second-order valence-electron chi connectivity index (χ2n) is 4.88. The molecular formula is C15H24N2O2. The molecule has 0 atom stereocenters. The Morgan fingerprint density at radius 2 is 1.95 bits per heavy atom. The third-order valence-corrected chi connectivity index (χ3v) is 2.90. The lowest BCUT2D eigenvalue weighted by atomic mass is 10.2. The molecule has 0 saturated heterocycles. The molecule has 0 unspecified atom stereocenters. The van der Waals surface area contributed by atoms with Crippen LogP contribution >= 0.6 is 0 Å². The summed E-state index contributed by atoms with van der Waals surface area (Å²) in [5.41, 5.74) is 1.21. The standard InChI is InChI=1S/C15H24N2O2/c1-5-17(4)15(18)11-19-14-8-6-13(7-9-14)10-16-12(2)3/h6-9,12,16H,5,10-11H2,1-4H3. The number of carbonyl (C=O) groups excluding carboxylic acids is 1. The van der Waals surface area contributed by atoms with Crippen LogP contribution in [0.3, 0.4) is 0 Å². The number of ether oxygens (including phenoxy) is 1. The van der Waals surface area contributed by atoms with Gasteiger partial charge >= 0.3 is 0 Å². The molecule has 1 rings (SSSR count). The number of amides is 1. The van der Waals surface area contributed by atoms with Crippen LogP contribution in [-0.2, 0) is 11.3 Å². The Balaban J connectivity index is 2.42. The van der Waals surface area contributed by atoms with Gasteiger partial charge in [-0.3, -0.25) is 4.79 Å². The molecular weight excluding hydrogens is 240 g/mol. The van der Waals surface area contributed by atoms with E-state index < -0.39 is 0 Å². The van der Waals surface area contributed by atoms with Crippen LogP contribution in [0.2, 0.25) is 0 Å². The topological polar surface area (TPSA) is 41.6 Å². The second kappa shape index (κ2) is 7.79. The lowest BCUT2D eigenvalue weighted by Crippen LogP contribution is -2.31. The van der Waals surface area contributed by atoms with Crippen LogP contribution in [0.1, 0.15) is 26.3 Å². The van der Waals surface area contributed by atoms with Gasteiger partial charge in [-0.25, -0.2) is 0 Å². The molecule has 0 saturated carbocycles. The fourth-order valence-electron chi connectivity index (χ4n) is 1.46. The van der Waals surface area contributed by atoms with Gasteiger partial charge in [-0.1, -0.05) is 26.0 Å². The van der Waals surface area contributed by atoms with Gasteiger partial charge in [0.05, 0.1) is 0 Å². The zero-order chi connectivity index (χ0) is 14.3. The summed E-state index contributed by atoms with van der Waals surface area (Å²) in [6.45, 7) is 7.81. The molecule has 106 valence electrons. The molecule has 4 heteroatoms. The molecule has 0 radical (unpaired) electrons. The van der Waals surface area contributed by atoms with E-state index in [0.29, 0.717) is 12.6 Å². The zero-order valence-electron chi connectivity index (χ0n) is 12.3. The molecule has 0 heterocycles. The summed E-state index contributed by atoms with van der Waals surface area (Å²) in [4.78, 5) is 13.2. The van der Waals surface area contributed by atoms with Gasteiger partial charge in [0.2, 0.25) is 0 Å². The van der Waals surface area contributed by atoms with Gasteiger partial charge in [0.25, 0.3) is 5.91 Å². The molecule has 19 heavy (non-hydrogen) atoms. The molecule has 0 aliphatic carbocycles. The molecule has 0 aromatic heterocycles. The minimum Gasteiger partial charge on any atom is -0.484 e. The predicted molar refractivity (Wildman–Crippen MR) is 77.2 cm³/mol. The Kier molecular flexibility index (Phi) is 6.36. The Bertz CT molecular complexity index is 388. The monoisotopic (exact) mass is 264 g/mol. The molecule has 1 aromatic carbocycles. The quantitative estimate of drug-likeness (QED) is 0.819. The Morgan fingerprint density at radius 1 is 1.32 bits per heavy atom. The summed E-state index contributed by atoms with van der Waals surface area (Å²) >= 11 is 0. The van der Waals surface area contributed by atoms with Crippen LogP contribution in [0.5, 0.6) is 5.75 Å². The van der Waals surface area contributed by atoms with Gasteiger partial charge in [-0.2, -0.15) is 0 Å². The number of nitrogens with one attached hydrogen (secondary N) is 1. The van der Waals surface area contributed by atoms with Gasteiger partial charge in [0.15, 0.2) is 6.61 Å². The largest absolute Gasteiger partial charge is 0.484 e.